The second-order valence-corrected chi connectivity index (χ2v) is 7.31. The van der Waals surface area contributed by atoms with Crippen molar-refractivity contribution < 1.29 is 0 Å². The van der Waals surface area contributed by atoms with Gasteiger partial charge in [-0.15, -0.1) is 5.10 Å². The smallest absolute Gasteiger partial charge is 0.209 e. The van der Waals surface area contributed by atoms with E-state index in [-0.39, 0.29) is 10.7 Å². The highest BCUT2D eigenvalue weighted by atomic mass is 32.2. The van der Waals surface area contributed by atoms with Crippen LogP contribution < -0.4 is 0 Å². The van der Waals surface area contributed by atoms with Gasteiger partial charge < -0.3 is 0 Å². The number of nitriles is 1. The number of hydrogen-bond acceptors (Lipinski definition) is 4. The monoisotopic (exact) mass is 300 g/mol. The first-order chi connectivity index (χ1) is 9.88. The molecule has 0 fully saturated rings. The summed E-state index contributed by atoms with van der Waals surface area (Å²) in [4.78, 5) is 4.47. The van der Waals surface area contributed by atoms with Gasteiger partial charge in [-0.25, -0.2) is 4.98 Å². The van der Waals surface area contributed by atoms with E-state index < -0.39 is 0 Å². The number of aromatic nitrogens is 3. The molecule has 0 bridgehead atoms. The van der Waals surface area contributed by atoms with Gasteiger partial charge in [-0.3, -0.25) is 5.10 Å². The third kappa shape index (κ3) is 4.33. The lowest BCUT2D eigenvalue weighted by Crippen LogP contribution is -2.13. The minimum Gasteiger partial charge on any atom is -0.262 e. The van der Waals surface area contributed by atoms with E-state index in [0.29, 0.717) is 11.6 Å². The van der Waals surface area contributed by atoms with Crippen LogP contribution in [0.5, 0.6) is 0 Å². The van der Waals surface area contributed by atoms with E-state index >= 15 is 0 Å². The minimum atomic E-state index is -0.184. The quantitative estimate of drug-likeness (QED) is 0.876. The summed E-state index contributed by atoms with van der Waals surface area (Å²) >= 11 is 1.41. The molecule has 21 heavy (non-hydrogen) atoms. The molecule has 0 radical (unpaired) electrons. The van der Waals surface area contributed by atoms with Crippen molar-refractivity contribution in [1.82, 2.24) is 15.2 Å². The molecular formula is C16H20N4S. The van der Waals surface area contributed by atoms with Crippen LogP contribution in [0.1, 0.15) is 37.7 Å². The summed E-state index contributed by atoms with van der Waals surface area (Å²) in [7, 11) is 0. The van der Waals surface area contributed by atoms with E-state index in [2.05, 4.69) is 73.2 Å². The first-order valence-electron chi connectivity index (χ1n) is 6.93. The maximum atomic E-state index is 9.33. The van der Waals surface area contributed by atoms with Gasteiger partial charge in [0.05, 0.1) is 6.07 Å². The summed E-state index contributed by atoms with van der Waals surface area (Å²) in [5.74, 6) is 0.844. The zero-order valence-electron chi connectivity index (χ0n) is 12.8. The number of nitrogens with zero attached hydrogens (tertiary/aromatic N) is 3. The molecule has 0 aliphatic carbocycles. The Kier molecular flexibility index (Phi) is 4.69. The predicted molar refractivity (Wildman–Crippen MR) is 85.2 cm³/mol. The van der Waals surface area contributed by atoms with Gasteiger partial charge in [0.25, 0.3) is 0 Å². The number of aryl methyl sites for hydroxylation is 1. The van der Waals surface area contributed by atoms with Gasteiger partial charge >= 0.3 is 0 Å². The van der Waals surface area contributed by atoms with Crippen LogP contribution in [-0.2, 0) is 11.8 Å². The fourth-order valence-corrected chi connectivity index (χ4v) is 2.64. The second kappa shape index (κ2) is 6.31. The molecule has 1 N–H and O–H groups in total. The third-order valence-corrected chi connectivity index (χ3v) is 4.06. The fourth-order valence-electron chi connectivity index (χ4n) is 1.81. The molecule has 1 aromatic carbocycles. The number of hydrogen-bond donors (Lipinski definition) is 1. The maximum absolute atomic E-state index is 9.33. The molecule has 2 rings (SSSR count). The van der Waals surface area contributed by atoms with Crippen molar-refractivity contribution in [2.24, 2.45) is 0 Å². The highest BCUT2D eigenvalue weighted by Crippen LogP contribution is 2.25. The van der Waals surface area contributed by atoms with Gasteiger partial charge in [0.1, 0.15) is 11.1 Å². The number of H-pyrrole nitrogens is 1. The maximum Gasteiger partial charge on any atom is 0.209 e. The molecule has 0 saturated carbocycles. The zero-order chi connectivity index (χ0) is 15.5. The lowest BCUT2D eigenvalue weighted by molar-refractivity contribution is 0.547. The average molecular weight is 300 g/mol. The summed E-state index contributed by atoms with van der Waals surface area (Å²) in [6, 6.07) is 10.6. The topological polar surface area (TPSA) is 65.4 Å². The predicted octanol–water partition coefficient (Wildman–Crippen LogP) is 3.64. The molecular weight excluding hydrogens is 280 g/mol. The summed E-state index contributed by atoms with van der Waals surface area (Å²) in [5, 5.41) is 16.9. The summed E-state index contributed by atoms with van der Waals surface area (Å²) in [6.07, 6.45) is 0.695. The molecule has 0 aliphatic heterocycles. The number of rotatable bonds is 4. The fraction of sp³-hybridized carbons (Fsp3) is 0.438. The van der Waals surface area contributed by atoms with Gasteiger partial charge in [0.15, 0.2) is 0 Å². The third-order valence-electron chi connectivity index (χ3n) is 3.11. The Morgan fingerprint density at radius 1 is 1.29 bits per heavy atom. The van der Waals surface area contributed by atoms with Gasteiger partial charge in [0.2, 0.25) is 5.16 Å². The largest absolute Gasteiger partial charge is 0.262 e. The van der Waals surface area contributed by atoms with E-state index in [9.17, 15) is 5.26 Å². The normalized spacial score (nSPS) is 12.9. The molecule has 1 atom stereocenters. The standard InChI is InChI=1S/C16H20N4S/c1-11-5-7-12(8-6-11)9-13(10-17)21-15-18-14(19-20-15)16(2,3)4/h5-8,13H,9H2,1-4H3,(H,18,19,20)/t13-/m1/s1. The van der Waals surface area contributed by atoms with E-state index in [1.54, 1.807) is 0 Å². The Hall–Kier alpha value is -1.80. The molecule has 2 aromatic rings. The molecule has 0 aliphatic rings. The van der Waals surface area contributed by atoms with Crippen molar-refractivity contribution in [2.45, 2.75) is 49.9 Å². The molecule has 0 saturated heterocycles. The SMILES string of the molecule is Cc1ccc(C[C@H](C#N)Sc2n[nH]c(C(C)(C)C)n2)cc1. The van der Waals surface area contributed by atoms with Crippen LogP contribution in [0.25, 0.3) is 0 Å². The first-order valence-corrected chi connectivity index (χ1v) is 7.81. The molecule has 0 spiro atoms. The Bertz CT molecular complexity index is 632. The Morgan fingerprint density at radius 2 is 1.95 bits per heavy atom. The second-order valence-electron chi connectivity index (χ2n) is 6.14. The van der Waals surface area contributed by atoms with Crippen LogP contribution in [0.3, 0.4) is 0 Å². The molecule has 0 unspecified atom stereocenters. The number of aromatic amines is 1. The van der Waals surface area contributed by atoms with Crippen molar-refractivity contribution >= 4 is 11.8 Å². The zero-order valence-corrected chi connectivity index (χ0v) is 13.7. The molecule has 4 nitrogen and oxygen atoms in total. The van der Waals surface area contributed by atoms with Crippen LogP contribution in [0, 0.1) is 18.3 Å². The highest BCUT2D eigenvalue weighted by Gasteiger charge is 2.20. The van der Waals surface area contributed by atoms with Crippen LogP contribution in [-0.4, -0.2) is 20.4 Å². The van der Waals surface area contributed by atoms with Gasteiger partial charge in [-0.05, 0) is 18.9 Å². The lowest BCUT2D eigenvalue weighted by Gasteiger charge is -2.13. The van der Waals surface area contributed by atoms with Crippen molar-refractivity contribution in [2.75, 3.05) is 0 Å². The summed E-state index contributed by atoms with van der Waals surface area (Å²) < 4.78 is 0. The van der Waals surface area contributed by atoms with Crippen molar-refractivity contribution in [3.8, 4) is 6.07 Å². The van der Waals surface area contributed by atoms with Crippen LogP contribution >= 0.6 is 11.8 Å². The first kappa shape index (κ1) is 15.6. The van der Waals surface area contributed by atoms with Crippen molar-refractivity contribution in [1.29, 1.82) is 5.26 Å². The number of benzene rings is 1. The molecule has 0 amide bonds. The summed E-state index contributed by atoms with van der Waals surface area (Å²) in [5.41, 5.74) is 2.32. The summed E-state index contributed by atoms with van der Waals surface area (Å²) in [6.45, 7) is 8.30. The number of thioether (sulfide) groups is 1. The Labute approximate surface area is 130 Å². The van der Waals surface area contributed by atoms with Gasteiger partial charge in [0, 0.05) is 5.41 Å². The highest BCUT2D eigenvalue weighted by molar-refractivity contribution is 8.00. The van der Waals surface area contributed by atoms with E-state index in [1.165, 1.54) is 17.3 Å². The van der Waals surface area contributed by atoms with Crippen LogP contribution in [0.4, 0.5) is 0 Å². The number of nitrogens with one attached hydrogen (secondary N) is 1. The molecule has 1 heterocycles. The van der Waals surface area contributed by atoms with Gasteiger partial charge in [-0.1, -0.05) is 62.4 Å². The van der Waals surface area contributed by atoms with Crippen LogP contribution in [0.2, 0.25) is 0 Å². The average Bonchev–Trinajstić information content (AvgIpc) is 2.89. The Balaban J connectivity index is 2.04. The lowest BCUT2D eigenvalue weighted by atomic mass is 9.96. The van der Waals surface area contributed by atoms with Crippen molar-refractivity contribution in [3.63, 3.8) is 0 Å². The Morgan fingerprint density at radius 3 is 2.48 bits per heavy atom. The van der Waals surface area contributed by atoms with E-state index in [0.717, 1.165) is 11.4 Å². The molecule has 5 heteroatoms. The minimum absolute atomic E-state index is 0.0646. The van der Waals surface area contributed by atoms with Crippen LogP contribution in [0.15, 0.2) is 29.4 Å². The molecule has 1 aromatic heterocycles. The molecule has 110 valence electrons. The van der Waals surface area contributed by atoms with Gasteiger partial charge in [-0.2, -0.15) is 5.26 Å². The van der Waals surface area contributed by atoms with Crippen molar-refractivity contribution in [3.05, 3.63) is 41.2 Å². The van der Waals surface area contributed by atoms with E-state index in [1.807, 2.05) is 0 Å². The van der Waals surface area contributed by atoms with E-state index in [4.69, 9.17) is 0 Å².